The highest BCUT2D eigenvalue weighted by Crippen LogP contribution is 2.32. The number of benzene rings is 2. The smallest absolute Gasteiger partial charge is 0.121 e. The van der Waals surface area contributed by atoms with Crippen molar-refractivity contribution in [2.24, 2.45) is 0 Å². The van der Waals surface area contributed by atoms with Crippen LogP contribution in [0.1, 0.15) is 11.6 Å². The van der Waals surface area contributed by atoms with Crippen LogP contribution in [-0.4, -0.2) is 24.7 Å². The molecule has 3 rings (SSSR count). The number of nitrogens with one attached hydrogen (secondary N) is 2. The quantitative estimate of drug-likeness (QED) is 0.740. The van der Waals surface area contributed by atoms with E-state index in [-0.39, 0.29) is 18.4 Å². The van der Waals surface area contributed by atoms with Gasteiger partial charge in [-0.1, -0.05) is 30.3 Å². The molecule has 3 nitrogen and oxygen atoms in total. The van der Waals surface area contributed by atoms with Crippen LogP contribution in [0, 0.1) is 0 Å². The molecule has 1 heterocycles. The highest BCUT2D eigenvalue weighted by molar-refractivity contribution is 5.88. The zero-order valence-corrected chi connectivity index (χ0v) is 10.8. The Balaban J connectivity index is 0.00000120. The van der Waals surface area contributed by atoms with E-state index in [0.717, 1.165) is 30.6 Å². The number of hydrogen-bond acceptors (Lipinski definition) is 3. The predicted molar refractivity (Wildman–Crippen MR) is 76.5 cm³/mol. The molecule has 0 saturated carbocycles. The lowest BCUT2D eigenvalue weighted by atomic mass is 9.96. The average Bonchev–Trinajstić information content (AvgIpc) is 2.39. The standard InChI is InChI=1S/C14H16N2O.ClH/c17-13-6-5-10-3-1-2-4-11(10)14(13)12-9-15-7-8-16-12;/h1-6,12,15-17H,7-9H2;1H/t12-;/m1./s1. The molecular formula is C14H17ClN2O. The zero-order valence-electron chi connectivity index (χ0n) is 10.0. The fourth-order valence-electron chi connectivity index (χ4n) is 2.51. The molecule has 1 fully saturated rings. The summed E-state index contributed by atoms with van der Waals surface area (Å²) in [4.78, 5) is 0. The van der Waals surface area contributed by atoms with E-state index >= 15 is 0 Å². The maximum absolute atomic E-state index is 10.1. The van der Waals surface area contributed by atoms with Crippen LogP contribution in [0.4, 0.5) is 0 Å². The lowest BCUT2D eigenvalue weighted by molar-refractivity contribution is 0.407. The molecule has 0 spiro atoms. The average molecular weight is 265 g/mol. The van der Waals surface area contributed by atoms with Gasteiger partial charge in [0, 0.05) is 31.2 Å². The van der Waals surface area contributed by atoms with Crippen molar-refractivity contribution in [3.8, 4) is 5.75 Å². The maximum Gasteiger partial charge on any atom is 0.121 e. The van der Waals surface area contributed by atoms with Gasteiger partial charge in [0.15, 0.2) is 0 Å². The molecule has 96 valence electrons. The molecule has 0 radical (unpaired) electrons. The van der Waals surface area contributed by atoms with Gasteiger partial charge in [-0.2, -0.15) is 0 Å². The summed E-state index contributed by atoms with van der Waals surface area (Å²) < 4.78 is 0. The SMILES string of the molecule is Cl.Oc1ccc2ccccc2c1[C@H]1CNCCN1. The third kappa shape index (κ3) is 2.29. The van der Waals surface area contributed by atoms with E-state index < -0.39 is 0 Å². The maximum atomic E-state index is 10.1. The van der Waals surface area contributed by atoms with Crippen LogP contribution < -0.4 is 10.6 Å². The largest absolute Gasteiger partial charge is 0.508 e. The van der Waals surface area contributed by atoms with Crippen LogP contribution in [0.25, 0.3) is 10.8 Å². The molecular weight excluding hydrogens is 248 g/mol. The van der Waals surface area contributed by atoms with E-state index in [4.69, 9.17) is 0 Å². The Morgan fingerprint density at radius 2 is 1.89 bits per heavy atom. The lowest BCUT2D eigenvalue weighted by Crippen LogP contribution is -2.42. The molecule has 0 aromatic heterocycles. The first-order chi connectivity index (χ1) is 8.36. The minimum Gasteiger partial charge on any atom is -0.508 e. The van der Waals surface area contributed by atoms with Crippen molar-refractivity contribution in [2.75, 3.05) is 19.6 Å². The highest BCUT2D eigenvalue weighted by Gasteiger charge is 2.19. The molecule has 1 atom stereocenters. The van der Waals surface area contributed by atoms with E-state index in [2.05, 4.69) is 22.8 Å². The molecule has 4 heteroatoms. The Morgan fingerprint density at radius 3 is 2.67 bits per heavy atom. The Hall–Kier alpha value is -1.29. The van der Waals surface area contributed by atoms with Crippen molar-refractivity contribution in [2.45, 2.75) is 6.04 Å². The van der Waals surface area contributed by atoms with Gasteiger partial charge in [0.05, 0.1) is 0 Å². The second kappa shape index (κ2) is 5.57. The number of halogens is 1. The Morgan fingerprint density at radius 1 is 1.06 bits per heavy atom. The molecule has 18 heavy (non-hydrogen) atoms. The Kier molecular flexibility index (Phi) is 4.07. The van der Waals surface area contributed by atoms with Gasteiger partial charge in [0.25, 0.3) is 0 Å². The van der Waals surface area contributed by atoms with E-state index in [1.165, 1.54) is 5.39 Å². The zero-order chi connectivity index (χ0) is 11.7. The number of fused-ring (bicyclic) bond motifs is 1. The first-order valence-corrected chi connectivity index (χ1v) is 6.01. The molecule has 1 aliphatic rings. The predicted octanol–water partition coefficient (Wildman–Crippen LogP) is 2.20. The second-order valence-electron chi connectivity index (χ2n) is 4.43. The third-order valence-corrected chi connectivity index (χ3v) is 3.34. The summed E-state index contributed by atoms with van der Waals surface area (Å²) in [7, 11) is 0. The molecule has 0 amide bonds. The van der Waals surface area contributed by atoms with Crippen LogP contribution in [0.3, 0.4) is 0 Å². The van der Waals surface area contributed by atoms with Gasteiger partial charge in [-0.25, -0.2) is 0 Å². The Bertz CT molecular complexity index is 538. The number of aromatic hydroxyl groups is 1. The summed E-state index contributed by atoms with van der Waals surface area (Å²) in [6.45, 7) is 2.79. The summed E-state index contributed by atoms with van der Waals surface area (Å²) in [6, 6.07) is 12.1. The van der Waals surface area contributed by atoms with Crippen molar-refractivity contribution in [3.05, 3.63) is 42.0 Å². The summed E-state index contributed by atoms with van der Waals surface area (Å²) in [5, 5.41) is 19.2. The molecule has 0 aliphatic carbocycles. The van der Waals surface area contributed by atoms with Crippen molar-refractivity contribution in [1.82, 2.24) is 10.6 Å². The third-order valence-electron chi connectivity index (χ3n) is 3.34. The van der Waals surface area contributed by atoms with Gasteiger partial charge >= 0.3 is 0 Å². The first-order valence-electron chi connectivity index (χ1n) is 6.01. The Labute approximate surface area is 113 Å². The summed E-state index contributed by atoms with van der Waals surface area (Å²) in [6.07, 6.45) is 0. The number of phenolic OH excluding ortho intramolecular Hbond substituents is 1. The van der Waals surface area contributed by atoms with E-state index in [0.29, 0.717) is 5.75 Å². The normalized spacial score (nSPS) is 19.4. The van der Waals surface area contributed by atoms with Crippen LogP contribution in [-0.2, 0) is 0 Å². The molecule has 1 aliphatic heterocycles. The summed E-state index contributed by atoms with van der Waals surface area (Å²) in [5.41, 5.74) is 1.01. The van der Waals surface area contributed by atoms with Gasteiger partial charge in [-0.05, 0) is 16.8 Å². The van der Waals surface area contributed by atoms with Gasteiger partial charge in [-0.3, -0.25) is 0 Å². The fraction of sp³-hybridized carbons (Fsp3) is 0.286. The summed E-state index contributed by atoms with van der Waals surface area (Å²) in [5.74, 6) is 0.380. The fourth-order valence-corrected chi connectivity index (χ4v) is 2.51. The van der Waals surface area contributed by atoms with Gasteiger partial charge in [0.1, 0.15) is 5.75 Å². The highest BCUT2D eigenvalue weighted by atomic mass is 35.5. The van der Waals surface area contributed by atoms with Crippen LogP contribution in [0.2, 0.25) is 0 Å². The van der Waals surface area contributed by atoms with Gasteiger partial charge < -0.3 is 15.7 Å². The topological polar surface area (TPSA) is 44.3 Å². The van der Waals surface area contributed by atoms with Crippen LogP contribution in [0.15, 0.2) is 36.4 Å². The molecule has 0 unspecified atom stereocenters. The first kappa shape index (κ1) is 13.1. The minimum atomic E-state index is 0. The molecule has 2 aromatic carbocycles. The van der Waals surface area contributed by atoms with Gasteiger partial charge in [-0.15, -0.1) is 12.4 Å². The van der Waals surface area contributed by atoms with Crippen molar-refractivity contribution in [1.29, 1.82) is 0 Å². The lowest BCUT2D eigenvalue weighted by Gasteiger charge is -2.26. The van der Waals surface area contributed by atoms with Crippen molar-refractivity contribution >= 4 is 23.2 Å². The molecule has 2 aromatic rings. The number of rotatable bonds is 1. The van der Waals surface area contributed by atoms with Crippen molar-refractivity contribution in [3.63, 3.8) is 0 Å². The van der Waals surface area contributed by atoms with E-state index in [1.807, 2.05) is 18.2 Å². The monoisotopic (exact) mass is 264 g/mol. The molecule has 3 N–H and O–H groups in total. The van der Waals surface area contributed by atoms with Crippen LogP contribution >= 0.6 is 12.4 Å². The molecule has 0 bridgehead atoms. The van der Waals surface area contributed by atoms with Gasteiger partial charge in [0.2, 0.25) is 0 Å². The van der Waals surface area contributed by atoms with Crippen LogP contribution in [0.5, 0.6) is 5.75 Å². The number of hydrogen-bond donors (Lipinski definition) is 3. The minimum absolute atomic E-state index is 0. The van der Waals surface area contributed by atoms with E-state index in [9.17, 15) is 5.11 Å². The van der Waals surface area contributed by atoms with Crippen molar-refractivity contribution < 1.29 is 5.11 Å². The second-order valence-corrected chi connectivity index (χ2v) is 4.43. The molecule has 1 saturated heterocycles. The summed E-state index contributed by atoms with van der Waals surface area (Å²) >= 11 is 0. The van der Waals surface area contributed by atoms with E-state index in [1.54, 1.807) is 6.07 Å². The number of phenols is 1. The number of piperazine rings is 1.